The molecule has 4 aromatic rings. The molecule has 0 aliphatic heterocycles. The van der Waals surface area contributed by atoms with Gasteiger partial charge in [-0.15, -0.1) is 0 Å². The van der Waals surface area contributed by atoms with Crippen LogP contribution in [0.5, 0.6) is 17.6 Å². The number of halogens is 2. The van der Waals surface area contributed by atoms with Gasteiger partial charge in [0.05, 0.1) is 5.69 Å². The Hall–Kier alpha value is -3.58. The standard InChI is InChI=1S/C23H18ClFN2O4/c1-14(22(28)27(2)20-6-4-3-5-18(20)25)29-16-8-10-17(11-9-16)30-23-26-19-13-15(24)7-12-21(19)31-23/h3-14H,1-2H3. The smallest absolute Gasteiger partial charge is 0.400 e. The van der Waals surface area contributed by atoms with Crippen molar-refractivity contribution in [2.45, 2.75) is 13.0 Å². The summed E-state index contributed by atoms with van der Waals surface area (Å²) < 4.78 is 30.8. The lowest BCUT2D eigenvalue weighted by Gasteiger charge is -2.22. The SMILES string of the molecule is CC(Oc1ccc(Oc2nc3cc(Cl)ccc3o2)cc1)C(=O)N(C)c1ccccc1F. The average molecular weight is 441 g/mol. The van der Waals surface area contributed by atoms with E-state index in [0.29, 0.717) is 27.6 Å². The van der Waals surface area contributed by atoms with Crippen LogP contribution >= 0.6 is 11.6 Å². The molecule has 0 saturated carbocycles. The van der Waals surface area contributed by atoms with Crippen molar-refractivity contribution in [3.8, 4) is 17.6 Å². The summed E-state index contributed by atoms with van der Waals surface area (Å²) in [6.45, 7) is 1.60. The van der Waals surface area contributed by atoms with E-state index in [1.165, 1.54) is 24.1 Å². The Morgan fingerprint density at radius 2 is 1.81 bits per heavy atom. The number of nitrogens with zero attached hydrogens (tertiary/aromatic N) is 2. The Bertz CT molecular complexity index is 1230. The lowest BCUT2D eigenvalue weighted by molar-refractivity contribution is -0.124. The Kier molecular flexibility index (Phi) is 5.77. The summed E-state index contributed by atoms with van der Waals surface area (Å²) in [7, 11) is 1.51. The Morgan fingerprint density at radius 1 is 1.10 bits per heavy atom. The van der Waals surface area contributed by atoms with Crippen molar-refractivity contribution >= 4 is 34.3 Å². The van der Waals surface area contributed by atoms with Crippen LogP contribution in [0.4, 0.5) is 10.1 Å². The van der Waals surface area contributed by atoms with Gasteiger partial charge < -0.3 is 18.8 Å². The Labute approximate surface area is 182 Å². The molecule has 4 rings (SSSR count). The first kappa shape index (κ1) is 20.7. The van der Waals surface area contributed by atoms with Gasteiger partial charge in [-0.3, -0.25) is 4.79 Å². The molecule has 1 heterocycles. The van der Waals surface area contributed by atoms with Gasteiger partial charge in [-0.2, -0.15) is 4.98 Å². The second kappa shape index (κ2) is 8.65. The number of aromatic nitrogens is 1. The molecule has 1 aromatic heterocycles. The van der Waals surface area contributed by atoms with E-state index in [0.717, 1.165) is 0 Å². The van der Waals surface area contributed by atoms with Crippen LogP contribution in [0.25, 0.3) is 11.1 Å². The second-order valence-corrected chi connectivity index (χ2v) is 7.21. The number of rotatable bonds is 6. The maximum Gasteiger partial charge on any atom is 0.400 e. The Morgan fingerprint density at radius 3 is 2.55 bits per heavy atom. The van der Waals surface area contributed by atoms with Gasteiger partial charge in [0, 0.05) is 12.1 Å². The third-order valence-corrected chi connectivity index (χ3v) is 4.80. The van der Waals surface area contributed by atoms with Crippen LogP contribution in [-0.4, -0.2) is 24.0 Å². The second-order valence-electron chi connectivity index (χ2n) is 6.77. The van der Waals surface area contributed by atoms with Gasteiger partial charge in [0.25, 0.3) is 5.91 Å². The molecule has 1 amide bonds. The fourth-order valence-corrected chi connectivity index (χ4v) is 3.15. The maximum absolute atomic E-state index is 13.9. The lowest BCUT2D eigenvalue weighted by Crippen LogP contribution is -2.38. The minimum absolute atomic E-state index is 0.0843. The van der Waals surface area contributed by atoms with E-state index in [9.17, 15) is 9.18 Å². The molecule has 1 atom stereocenters. The van der Waals surface area contributed by atoms with Crippen molar-refractivity contribution in [3.05, 3.63) is 77.6 Å². The van der Waals surface area contributed by atoms with Crippen LogP contribution in [0.1, 0.15) is 6.92 Å². The van der Waals surface area contributed by atoms with E-state index in [2.05, 4.69) is 4.98 Å². The van der Waals surface area contributed by atoms with Crippen LogP contribution in [-0.2, 0) is 4.79 Å². The highest BCUT2D eigenvalue weighted by molar-refractivity contribution is 6.31. The molecule has 8 heteroatoms. The van der Waals surface area contributed by atoms with Crippen LogP contribution < -0.4 is 14.4 Å². The molecule has 0 N–H and O–H groups in total. The van der Waals surface area contributed by atoms with Crippen molar-refractivity contribution in [1.82, 2.24) is 4.98 Å². The molecule has 158 valence electrons. The quantitative estimate of drug-likeness (QED) is 0.376. The first-order valence-electron chi connectivity index (χ1n) is 9.43. The Balaban J connectivity index is 1.40. The molecule has 0 bridgehead atoms. The number of ether oxygens (including phenoxy) is 2. The summed E-state index contributed by atoms with van der Waals surface area (Å²) in [4.78, 5) is 18.1. The van der Waals surface area contributed by atoms with Gasteiger partial charge >= 0.3 is 6.08 Å². The predicted molar refractivity (Wildman–Crippen MR) is 115 cm³/mol. The van der Waals surface area contributed by atoms with E-state index in [4.69, 9.17) is 25.5 Å². The minimum Gasteiger partial charge on any atom is -0.481 e. The topological polar surface area (TPSA) is 64.8 Å². The van der Waals surface area contributed by atoms with Gasteiger partial charge in [0.2, 0.25) is 0 Å². The monoisotopic (exact) mass is 440 g/mol. The van der Waals surface area contributed by atoms with Crippen molar-refractivity contribution < 1.29 is 23.1 Å². The van der Waals surface area contributed by atoms with Crippen LogP contribution in [0.15, 0.2) is 71.1 Å². The minimum atomic E-state index is -0.821. The summed E-state index contributed by atoms with van der Waals surface area (Å²) in [5.41, 5.74) is 1.34. The normalized spacial score (nSPS) is 11.9. The number of amides is 1. The third kappa shape index (κ3) is 4.62. The first-order valence-corrected chi connectivity index (χ1v) is 9.81. The first-order chi connectivity index (χ1) is 14.9. The van der Waals surface area contributed by atoms with E-state index >= 15 is 0 Å². The molecule has 3 aromatic carbocycles. The molecule has 0 aliphatic carbocycles. The van der Waals surface area contributed by atoms with Crippen molar-refractivity contribution in [2.24, 2.45) is 0 Å². The maximum atomic E-state index is 13.9. The fraction of sp³-hybridized carbons (Fsp3) is 0.130. The van der Waals surface area contributed by atoms with Gasteiger partial charge in [-0.05, 0) is 61.5 Å². The van der Waals surface area contributed by atoms with E-state index in [1.807, 2.05) is 0 Å². The largest absolute Gasteiger partial charge is 0.481 e. The average Bonchev–Trinajstić information content (AvgIpc) is 3.15. The van der Waals surface area contributed by atoms with E-state index in [-0.39, 0.29) is 17.7 Å². The zero-order valence-corrected chi connectivity index (χ0v) is 17.5. The summed E-state index contributed by atoms with van der Waals surface area (Å²) in [6.07, 6.45) is -0.737. The number of anilines is 1. The van der Waals surface area contributed by atoms with Crippen molar-refractivity contribution in [2.75, 3.05) is 11.9 Å². The van der Waals surface area contributed by atoms with Crippen molar-refractivity contribution in [3.63, 3.8) is 0 Å². The molecular formula is C23H18ClFN2O4. The van der Waals surface area contributed by atoms with E-state index < -0.39 is 11.9 Å². The zero-order chi connectivity index (χ0) is 22.0. The number of hydrogen-bond donors (Lipinski definition) is 0. The van der Waals surface area contributed by atoms with Crippen LogP contribution in [0.3, 0.4) is 0 Å². The van der Waals surface area contributed by atoms with Crippen molar-refractivity contribution in [1.29, 1.82) is 0 Å². The molecule has 31 heavy (non-hydrogen) atoms. The number of carbonyl (C=O) groups excluding carboxylic acids is 1. The van der Waals surface area contributed by atoms with E-state index in [1.54, 1.807) is 61.5 Å². The number of para-hydroxylation sites is 1. The van der Waals surface area contributed by atoms with Gasteiger partial charge in [-0.1, -0.05) is 23.7 Å². The lowest BCUT2D eigenvalue weighted by atomic mass is 10.2. The number of hydrogen-bond acceptors (Lipinski definition) is 5. The number of oxazole rings is 1. The molecular weight excluding hydrogens is 423 g/mol. The molecule has 1 unspecified atom stereocenters. The molecule has 0 saturated heterocycles. The van der Waals surface area contributed by atoms with Crippen LogP contribution in [0, 0.1) is 5.82 Å². The van der Waals surface area contributed by atoms with Gasteiger partial charge in [0.15, 0.2) is 11.7 Å². The molecule has 0 aliphatic rings. The van der Waals surface area contributed by atoms with Crippen LogP contribution in [0.2, 0.25) is 5.02 Å². The molecule has 6 nitrogen and oxygen atoms in total. The molecule has 0 radical (unpaired) electrons. The van der Waals surface area contributed by atoms with Gasteiger partial charge in [0.1, 0.15) is 22.8 Å². The third-order valence-electron chi connectivity index (χ3n) is 4.56. The highest BCUT2D eigenvalue weighted by Gasteiger charge is 2.22. The molecule has 0 spiro atoms. The summed E-state index contributed by atoms with van der Waals surface area (Å²) in [6, 6.07) is 17.8. The van der Waals surface area contributed by atoms with Gasteiger partial charge in [-0.25, -0.2) is 4.39 Å². The number of carbonyl (C=O) groups is 1. The number of likely N-dealkylation sites (N-methyl/N-ethyl adjacent to an activating group) is 1. The summed E-state index contributed by atoms with van der Waals surface area (Å²) in [5, 5.41) is 0.554. The molecule has 0 fully saturated rings. The highest BCUT2D eigenvalue weighted by atomic mass is 35.5. The number of benzene rings is 3. The number of fused-ring (bicyclic) bond motifs is 1. The summed E-state index contributed by atoms with van der Waals surface area (Å²) in [5.74, 6) is 0.0796. The zero-order valence-electron chi connectivity index (χ0n) is 16.7. The fourth-order valence-electron chi connectivity index (χ4n) is 2.98. The predicted octanol–water partition coefficient (Wildman–Crippen LogP) is 5.84. The highest BCUT2D eigenvalue weighted by Crippen LogP contribution is 2.28. The summed E-state index contributed by atoms with van der Waals surface area (Å²) >= 11 is 5.95.